The van der Waals surface area contributed by atoms with Gasteiger partial charge < -0.3 is 15.0 Å². The van der Waals surface area contributed by atoms with E-state index in [1.54, 1.807) is 37.4 Å². The molecule has 1 aromatic heterocycles. The molecule has 0 radical (unpaired) electrons. The number of fused-ring (bicyclic) bond motifs is 1. The average molecular weight is 474 g/mol. The van der Waals surface area contributed by atoms with E-state index in [1.807, 2.05) is 17.0 Å². The summed E-state index contributed by atoms with van der Waals surface area (Å²) < 4.78 is 6.08. The number of thiophene rings is 1. The summed E-state index contributed by atoms with van der Waals surface area (Å²) in [7, 11) is 1.59. The summed E-state index contributed by atoms with van der Waals surface area (Å²) >= 11 is 13.0. The fraction of sp³-hybridized carbons (Fsp3) is 0.227. The predicted molar refractivity (Wildman–Crippen MR) is 129 cm³/mol. The minimum absolute atomic E-state index is 0.00332. The van der Waals surface area contributed by atoms with Gasteiger partial charge in [-0.2, -0.15) is 0 Å². The Hall–Kier alpha value is -2.68. The van der Waals surface area contributed by atoms with Gasteiger partial charge in [0, 0.05) is 34.4 Å². The lowest BCUT2D eigenvalue weighted by Gasteiger charge is -2.16. The molecule has 2 aromatic carbocycles. The Labute approximate surface area is 194 Å². The molecule has 0 unspecified atom stereocenters. The first-order valence-corrected chi connectivity index (χ1v) is 11.3. The molecule has 0 atom stereocenters. The minimum Gasteiger partial charge on any atom is -0.497 e. The number of hydrogen-bond donors (Lipinski definition) is 2. The Morgan fingerprint density at radius 2 is 1.94 bits per heavy atom. The van der Waals surface area contributed by atoms with Gasteiger partial charge in [0.05, 0.1) is 12.1 Å². The number of amides is 2. The monoisotopic (exact) mass is 473 g/mol. The van der Waals surface area contributed by atoms with Crippen molar-refractivity contribution >= 4 is 67.9 Å². The van der Waals surface area contributed by atoms with Gasteiger partial charge in [0.15, 0.2) is 5.11 Å². The van der Waals surface area contributed by atoms with Crippen LogP contribution in [-0.2, 0) is 0 Å². The Morgan fingerprint density at radius 1 is 1.16 bits per heavy atom. The van der Waals surface area contributed by atoms with Crippen LogP contribution in [0.15, 0.2) is 42.5 Å². The van der Waals surface area contributed by atoms with Crippen LogP contribution in [0.3, 0.4) is 0 Å². The number of nitrogens with zero attached hydrogens (tertiary/aromatic N) is 1. The molecule has 160 valence electrons. The van der Waals surface area contributed by atoms with Crippen LogP contribution in [0.25, 0.3) is 10.1 Å². The highest BCUT2D eigenvalue weighted by Crippen LogP contribution is 2.37. The van der Waals surface area contributed by atoms with Gasteiger partial charge in [-0.15, -0.1) is 11.3 Å². The highest BCUT2D eigenvalue weighted by atomic mass is 35.5. The molecule has 1 aliphatic rings. The van der Waals surface area contributed by atoms with Crippen LogP contribution >= 0.6 is 35.2 Å². The second kappa shape index (κ2) is 9.21. The van der Waals surface area contributed by atoms with Crippen molar-refractivity contribution in [3.8, 4) is 5.75 Å². The van der Waals surface area contributed by atoms with Crippen molar-refractivity contribution in [3.05, 3.63) is 57.9 Å². The number of likely N-dealkylation sites (tertiary alicyclic amines) is 1. The van der Waals surface area contributed by atoms with Gasteiger partial charge in [-0.3, -0.25) is 14.9 Å². The van der Waals surface area contributed by atoms with Gasteiger partial charge in [0.1, 0.15) is 10.6 Å². The van der Waals surface area contributed by atoms with Crippen molar-refractivity contribution in [1.82, 2.24) is 10.2 Å². The lowest BCUT2D eigenvalue weighted by atomic mass is 10.2. The molecule has 6 nitrogen and oxygen atoms in total. The topological polar surface area (TPSA) is 70.7 Å². The first-order chi connectivity index (χ1) is 15.0. The number of nitrogens with one attached hydrogen (secondary N) is 2. The molecule has 0 spiro atoms. The molecule has 2 amide bonds. The maximum atomic E-state index is 12.7. The van der Waals surface area contributed by atoms with Crippen LogP contribution in [0, 0.1) is 0 Å². The van der Waals surface area contributed by atoms with Crippen molar-refractivity contribution in [2.45, 2.75) is 12.8 Å². The van der Waals surface area contributed by atoms with Gasteiger partial charge >= 0.3 is 0 Å². The first kappa shape index (κ1) is 21.5. The van der Waals surface area contributed by atoms with Gasteiger partial charge in [0.25, 0.3) is 11.8 Å². The Morgan fingerprint density at radius 3 is 2.68 bits per heavy atom. The third kappa shape index (κ3) is 4.66. The van der Waals surface area contributed by atoms with Gasteiger partial charge in [-0.05, 0) is 61.5 Å². The molecular weight excluding hydrogens is 454 g/mol. The van der Waals surface area contributed by atoms with Crippen LogP contribution in [0.4, 0.5) is 5.69 Å². The number of ether oxygens (including phenoxy) is 1. The largest absolute Gasteiger partial charge is 0.497 e. The van der Waals surface area contributed by atoms with E-state index >= 15 is 0 Å². The molecule has 9 heteroatoms. The van der Waals surface area contributed by atoms with Crippen molar-refractivity contribution in [2.75, 3.05) is 25.5 Å². The van der Waals surface area contributed by atoms with E-state index in [0.717, 1.165) is 36.0 Å². The number of rotatable bonds is 4. The Balaban J connectivity index is 1.45. The van der Waals surface area contributed by atoms with Gasteiger partial charge in [-0.1, -0.05) is 17.7 Å². The normalized spacial score (nSPS) is 13.3. The SMILES string of the molecule is COc1ccc2c(Cl)c(C(=O)NC(=S)Nc3cccc(C(=O)N4CCCC4)c3)sc2c1. The zero-order valence-electron chi connectivity index (χ0n) is 16.7. The number of carbonyl (C=O) groups excluding carboxylic acids is 2. The van der Waals surface area contributed by atoms with E-state index < -0.39 is 5.91 Å². The van der Waals surface area contributed by atoms with Crippen LogP contribution in [0.1, 0.15) is 32.9 Å². The number of anilines is 1. The van der Waals surface area contributed by atoms with E-state index in [4.69, 9.17) is 28.6 Å². The van der Waals surface area contributed by atoms with Crippen molar-refractivity contribution < 1.29 is 14.3 Å². The molecule has 0 aliphatic carbocycles. The van der Waals surface area contributed by atoms with E-state index in [1.165, 1.54) is 11.3 Å². The number of thiocarbonyl (C=S) groups is 1. The van der Waals surface area contributed by atoms with E-state index in [0.29, 0.717) is 26.9 Å². The standard InChI is InChI=1S/C22H20ClN3O3S2/c1-29-15-7-8-16-17(12-15)31-19(18(16)23)20(27)25-22(30)24-14-6-4-5-13(11-14)21(28)26-9-2-3-10-26/h4-8,11-12H,2-3,9-10H2,1H3,(H2,24,25,27,30). The minimum atomic E-state index is -0.396. The molecule has 0 bridgehead atoms. The summed E-state index contributed by atoms with van der Waals surface area (Å²) in [5.41, 5.74) is 1.21. The highest BCUT2D eigenvalue weighted by molar-refractivity contribution is 7.80. The molecule has 31 heavy (non-hydrogen) atoms. The zero-order valence-corrected chi connectivity index (χ0v) is 19.1. The summed E-state index contributed by atoms with van der Waals surface area (Å²) in [6.07, 6.45) is 2.07. The van der Waals surface area contributed by atoms with Crippen LogP contribution in [-0.4, -0.2) is 42.0 Å². The smallest absolute Gasteiger partial charge is 0.269 e. The first-order valence-electron chi connectivity index (χ1n) is 9.74. The van der Waals surface area contributed by atoms with Gasteiger partial charge in [0.2, 0.25) is 0 Å². The van der Waals surface area contributed by atoms with Crippen molar-refractivity contribution in [2.24, 2.45) is 0 Å². The number of carbonyl (C=O) groups is 2. The molecule has 3 aromatic rings. The molecule has 0 saturated carbocycles. The van der Waals surface area contributed by atoms with E-state index in [9.17, 15) is 9.59 Å². The molecule has 1 fully saturated rings. The summed E-state index contributed by atoms with van der Waals surface area (Å²) in [5.74, 6) is 0.300. The average Bonchev–Trinajstić information content (AvgIpc) is 3.41. The van der Waals surface area contributed by atoms with Crippen LogP contribution in [0.5, 0.6) is 5.75 Å². The fourth-order valence-electron chi connectivity index (χ4n) is 3.47. The summed E-state index contributed by atoms with van der Waals surface area (Å²) in [6.45, 7) is 1.57. The molecular formula is C22H20ClN3O3S2. The molecule has 4 rings (SSSR count). The second-order valence-electron chi connectivity index (χ2n) is 7.10. The second-order valence-corrected chi connectivity index (χ2v) is 8.93. The number of benzene rings is 2. The number of hydrogen-bond acceptors (Lipinski definition) is 5. The maximum Gasteiger partial charge on any atom is 0.269 e. The maximum absolute atomic E-state index is 12.7. The highest BCUT2D eigenvalue weighted by Gasteiger charge is 2.21. The zero-order chi connectivity index (χ0) is 22.0. The molecule has 2 heterocycles. The molecule has 1 saturated heterocycles. The van der Waals surface area contributed by atoms with Crippen molar-refractivity contribution in [3.63, 3.8) is 0 Å². The van der Waals surface area contributed by atoms with Crippen LogP contribution in [0.2, 0.25) is 5.02 Å². The summed E-state index contributed by atoms with van der Waals surface area (Å²) in [5, 5.41) is 6.91. The van der Waals surface area contributed by atoms with Crippen molar-refractivity contribution in [1.29, 1.82) is 0 Å². The number of methoxy groups -OCH3 is 1. The lowest BCUT2D eigenvalue weighted by molar-refractivity contribution is 0.0792. The Bertz CT molecular complexity index is 1170. The van der Waals surface area contributed by atoms with Gasteiger partial charge in [-0.25, -0.2) is 0 Å². The van der Waals surface area contributed by atoms with Crippen LogP contribution < -0.4 is 15.4 Å². The summed E-state index contributed by atoms with van der Waals surface area (Å²) in [4.78, 5) is 27.5. The molecule has 1 aliphatic heterocycles. The number of halogens is 1. The van der Waals surface area contributed by atoms with E-state index in [2.05, 4.69) is 10.6 Å². The fourth-order valence-corrected chi connectivity index (χ4v) is 5.12. The molecule has 2 N–H and O–H groups in total. The predicted octanol–water partition coefficient (Wildman–Crippen LogP) is 4.93. The third-order valence-corrected chi connectivity index (χ3v) is 6.89. The summed E-state index contributed by atoms with van der Waals surface area (Å²) in [6, 6.07) is 12.5. The quantitative estimate of drug-likeness (QED) is 0.526. The van der Waals surface area contributed by atoms with E-state index in [-0.39, 0.29) is 11.0 Å². The third-order valence-electron chi connectivity index (χ3n) is 5.03. The Kier molecular flexibility index (Phi) is 6.41. The lowest BCUT2D eigenvalue weighted by Crippen LogP contribution is -2.34.